The second-order valence-electron chi connectivity index (χ2n) is 11.1. The van der Waals surface area contributed by atoms with Gasteiger partial charge in [0, 0.05) is 0 Å². The summed E-state index contributed by atoms with van der Waals surface area (Å²) in [5.41, 5.74) is 1.16. The second kappa shape index (κ2) is 17.5. The van der Waals surface area contributed by atoms with E-state index in [1.54, 1.807) is 78.9 Å². The van der Waals surface area contributed by atoms with Crippen molar-refractivity contribution in [1.82, 2.24) is 0 Å². The Hall–Kier alpha value is -5.85. The fourth-order valence-electron chi connectivity index (χ4n) is 4.99. The van der Waals surface area contributed by atoms with Gasteiger partial charge in [0.25, 0.3) is 0 Å². The van der Waals surface area contributed by atoms with E-state index in [-0.39, 0.29) is 36.1 Å². The molecule has 50 heavy (non-hydrogen) atoms. The average molecular weight is 683 g/mol. The van der Waals surface area contributed by atoms with E-state index in [9.17, 15) is 29.1 Å². The predicted octanol–water partition coefficient (Wildman–Crippen LogP) is 4.45. The van der Waals surface area contributed by atoms with Gasteiger partial charge in [-0.25, -0.2) is 14.4 Å². The number of benzene rings is 4. The Balaban J connectivity index is 1.34. The van der Waals surface area contributed by atoms with Crippen molar-refractivity contribution in [1.29, 1.82) is 0 Å². The highest BCUT2D eigenvalue weighted by atomic mass is 16.7. The Morgan fingerprint density at radius 2 is 0.920 bits per heavy atom. The Labute approximate surface area is 287 Å². The van der Waals surface area contributed by atoms with Gasteiger partial charge in [-0.05, 0) is 42.0 Å². The minimum Gasteiger partial charge on any atom is -0.463 e. The van der Waals surface area contributed by atoms with E-state index in [0.29, 0.717) is 0 Å². The van der Waals surface area contributed by atoms with Gasteiger partial charge >= 0.3 is 29.8 Å². The molecule has 0 saturated carbocycles. The molecule has 0 aromatic heterocycles. The monoisotopic (exact) mass is 682 g/mol. The van der Waals surface area contributed by atoms with Crippen LogP contribution in [0.15, 0.2) is 121 Å². The molecule has 4 aromatic carbocycles. The maximum Gasteiger partial charge on any atom is 0.338 e. The summed E-state index contributed by atoms with van der Waals surface area (Å²) in [4.78, 5) is 64.7. The van der Waals surface area contributed by atoms with Crippen LogP contribution in [-0.4, -0.2) is 72.3 Å². The minimum absolute atomic E-state index is 0.0378. The Morgan fingerprint density at radius 3 is 1.40 bits per heavy atom. The summed E-state index contributed by atoms with van der Waals surface area (Å²) in [6.07, 6.45) is -8.83. The molecule has 1 heterocycles. The van der Waals surface area contributed by atoms with Crippen LogP contribution < -0.4 is 0 Å². The van der Waals surface area contributed by atoms with Gasteiger partial charge < -0.3 is 33.5 Å². The van der Waals surface area contributed by atoms with Crippen molar-refractivity contribution in [2.45, 2.75) is 50.2 Å². The molecule has 4 aromatic rings. The molecule has 1 N–H and O–H groups in total. The number of ether oxygens (including phenoxy) is 6. The summed E-state index contributed by atoms with van der Waals surface area (Å²) in [5, 5.41) is 11.1. The zero-order valence-electron chi connectivity index (χ0n) is 26.7. The van der Waals surface area contributed by atoms with Gasteiger partial charge in [-0.1, -0.05) is 84.9 Å². The number of carbonyl (C=O) groups excluding carboxylic acids is 5. The van der Waals surface area contributed by atoms with Gasteiger partial charge in [-0.2, -0.15) is 0 Å². The van der Waals surface area contributed by atoms with E-state index < -0.39 is 67.2 Å². The molecule has 0 amide bonds. The lowest BCUT2D eigenvalue weighted by Gasteiger charge is -2.42. The summed E-state index contributed by atoms with van der Waals surface area (Å²) in [6, 6.07) is 32.7. The smallest absolute Gasteiger partial charge is 0.338 e. The van der Waals surface area contributed by atoms with E-state index in [1.165, 1.54) is 36.4 Å². The Kier molecular flexibility index (Phi) is 12.4. The maximum absolute atomic E-state index is 13.3. The number of aliphatic hydroxyl groups is 1. The molecule has 0 radical (unpaired) electrons. The van der Waals surface area contributed by atoms with E-state index in [0.717, 1.165) is 5.56 Å². The van der Waals surface area contributed by atoms with Crippen LogP contribution in [-0.2, 0) is 44.6 Å². The topological polar surface area (TPSA) is 161 Å². The lowest BCUT2D eigenvalue weighted by molar-refractivity contribution is -0.285. The number of carbonyl (C=O) groups is 5. The van der Waals surface area contributed by atoms with Crippen molar-refractivity contribution in [3.8, 4) is 0 Å². The molecule has 12 nitrogen and oxygen atoms in total. The van der Waals surface area contributed by atoms with Crippen LogP contribution in [0.2, 0.25) is 0 Å². The molecule has 5 atom stereocenters. The van der Waals surface area contributed by atoms with E-state index >= 15 is 0 Å². The normalized spacial score (nSPS) is 19.7. The van der Waals surface area contributed by atoms with Crippen LogP contribution in [0.3, 0.4) is 0 Å². The molecule has 1 aliphatic heterocycles. The van der Waals surface area contributed by atoms with Crippen LogP contribution in [0.25, 0.3) is 0 Å². The maximum atomic E-state index is 13.3. The Morgan fingerprint density at radius 1 is 0.520 bits per heavy atom. The third kappa shape index (κ3) is 9.84. The van der Waals surface area contributed by atoms with Crippen LogP contribution in [0, 0.1) is 0 Å². The molecule has 1 unspecified atom stereocenters. The highest BCUT2D eigenvalue weighted by Crippen LogP contribution is 2.30. The molecule has 0 aliphatic carbocycles. The highest BCUT2D eigenvalue weighted by Gasteiger charge is 2.52. The number of hydrogen-bond donors (Lipinski definition) is 1. The zero-order chi connectivity index (χ0) is 35.3. The largest absolute Gasteiger partial charge is 0.463 e. The number of hydrogen-bond acceptors (Lipinski definition) is 12. The van der Waals surface area contributed by atoms with Crippen LogP contribution in [0.4, 0.5) is 0 Å². The zero-order valence-corrected chi connectivity index (χ0v) is 26.7. The Bertz CT molecular complexity index is 1730. The first-order valence-electron chi connectivity index (χ1n) is 15.8. The van der Waals surface area contributed by atoms with Gasteiger partial charge in [0.15, 0.2) is 24.6 Å². The van der Waals surface area contributed by atoms with Crippen molar-refractivity contribution in [2.75, 3.05) is 6.61 Å². The SMILES string of the molecule is O=C(CCC(=O)OC[C@H]1OC(O)[C@H](OC(=O)c2ccccc2)[C@@H](OC(=O)c2ccccc2)[C@@H]1OC(=O)c1ccccc1)OCc1ccccc1. The van der Waals surface area contributed by atoms with Crippen LogP contribution in [0.5, 0.6) is 0 Å². The van der Waals surface area contributed by atoms with Crippen molar-refractivity contribution in [3.63, 3.8) is 0 Å². The van der Waals surface area contributed by atoms with Gasteiger partial charge in [0.05, 0.1) is 29.5 Å². The van der Waals surface area contributed by atoms with E-state index in [1.807, 2.05) is 6.07 Å². The molecular formula is C38H34O12. The van der Waals surface area contributed by atoms with Crippen molar-refractivity contribution < 1.29 is 57.5 Å². The number of rotatable bonds is 13. The molecule has 1 saturated heterocycles. The van der Waals surface area contributed by atoms with Crippen molar-refractivity contribution in [3.05, 3.63) is 144 Å². The number of aliphatic hydroxyl groups excluding tert-OH is 1. The second-order valence-corrected chi connectivity index (χ2v) is 11.1. The predicted molar refractivity (Wildman–Crippen MR) is 174 cm³/mol. The molecule has 1 aliphatic rings. The van der Waals surface area contributed by atoms with Crippen LogP contribution >= 0.6 is 0 Å². The molecule has 12 heteroatoms. The summed E-state index contributed by atoms with van der Waals surface area (Å²) < 4.78 is 33.5. The molecule has 5 rings (SSSR count). The van der Waals surface area contributed by atoms with Gasteiger partial charge in [-0.3, -0.25) is 9.59 Å². The highest BCUT2D eigenvalue weighted by molar-refractivity contribution is 5.91. The minimum atomic E-state index is -1.92. The molecule has 0 bridgehead atoms. The van der Waals surface area contributed by atoms with Gasteiger partial charge in [0.1, 0.15) is 19.3 Å². The standard InChI is InChI=1S/C38H34O12/c39-30(45-23-25-13-5-1-6-14-25)21-22-31(40)46-24-29-32(48-35(41)26-15-7-2-8-16-26)33(49-36(42)27-17-9-3-10-18-27)34(38(44)47-29)50-37(43)28-19-11-4-12-20-28/h1-20,29,32-34,38,44H,21-24H2/t29-,32-,33+,34-,38?/m1/s1. The lowest BCUT2D eigenvalue weighted by atomic mass is 9.97. The summed E-state index contributed by atoms with van der Waals surface area (Å²) in [7, 11) is 0. The third-order valence-corrected chi connectivity index (χ3v) is 7.55. The average Bonchev–Trinajstić information content (AvgIpc) is 3.16. The first-order valence-corrected chi connectivity index (χ1v) is 15.8. The fraction of sp³-hybridized carbons (Fsp3) is 0.237. The first kappa shape index (κ1) is 35.5. The molecule has 258 valence electrons. The van der Waals surface area contributed by atoms with Gasteiger partial charge in [-0.15, -0.1) is 0 Å². The molecule has 0 spiro atoms. The molecular weight excluding hydrogens is 648 g/mol. The van der Waals surface area contributed by atoms with Crippen molar-refractivity contribution in [2.24, 2.45) is 0 Å². The molecule has 1 fully saturated rings. The third-order valence-electron chi connectivity index (χ3n) is 7.55. The quantitative estimate of drug-likeness (QED) is 0.156. The summed E-state index contributed by atoms with van der Waals surface area (Å²) in [6.45, 7) is -0.559. The van der Waals surface area contributed by atoms with Gasteiger partial charge in [0.2, 0.25) is 0 Å². The first-order chi connectivity index (χ1) is 24.3. The van der Waals surface area contributed by atoms with E-state index in [4.69, 9.17) is 28.4 Å². The fourth-order valence-corrected chi connectivity index (χ4v) is 4.99. The van der Waals surface area contributed by atoms with E-state index in [2.05, 4.69) is 0 Å². The summed E-state index contributed by atoms with van der Waals surface area (Å²) in [5.74, 6) is -4.06. The summed E-state index contributed by atoms with van der Waals surface area (Å²) >= 11 is 0. The van der Waals surface area contributed by atoms with Crippen molar-refractivity contribution >= 4 is 29.8 Å². The lowest BCUT2D eigenvalue weighted by Crippen LogP contribution is -2.62. The number of esters is 5. The van der Waals surface area contributed by atoms with Crippen LogP contribution in [0.1, 0.15) is 49.5 Å².